The predicted molar refractivity (Wildman–Crippen MR) is 102 cm³/mol. The van der Waals surface area contributed by atoms with E-state index < -0.39 is 5.41 Å². The Kier molecular flexibility index (Phi) is 5.06. The van der Waals surface area contributed by atoms with Gasteiger partial charge in [0.1, 0.15) is 5.82 Å². The van der Waals surface area contributed by atoms with Crippen LogP contribution in [0.3, 0.4) is 0 Å². The molecule has 156 valence electrons. The van der Waals surface area contributed by atoms with E-state index in [1.54, 1.807) is 11.0 Å². The fraction of sp³-hybridized carbons (Fsp3) is 0.571. The van der Waals surface area contributed by atoms with Crippen LogP contribution in [0.1, 0.15) is 25.5 Å². The van der Waals surface area contributed by atoms with Crippen LogP contribution in [0, 0.1) is 23.1 Å². The second-order valence-corrected chi connectivity index (χ2v) is 8.64. The van der Waals surface area contributed by atoms with Crippen molar-refractivity contribution in [1.82, 2.24) is 15.1 Å². The summed E-state index contributed by atoms with van der Waals surface area (Å²) in [5.74, 6) is -0.573. The Hall–Kier alpha value is -2.48. The van der Waals surface area contributed by atoms with Crippen molar-refractivity contribution in [2.24, 2.45) is 17.3 Å². The van der Waals surface area contributed by atoms with Gasteiger partial charge in [0.25, 0.3) is 0 Å². The third-order valence-electron chi connectivity index (χ3n) is 6.31. The van der Waals surface area contributed by atoms with Gasteiger partial charge in [0, 0.05) is 38.4 Å². The van der Waals surface area contributed by atoms with Crippen molar-refractivity contribution in [3.63, 3.8) is 0 Å². The minimum absolute atomic E-state index is 0.0339. The van der Waals surface area contributed by atoms with E-state index in [4.69, 9.17) is 4.74 Å². The van der Waals surface area contributed by atoms with E-state index >= 15 is 0 Å². The molecule has 1 N–H and O–H groups in total. The largest absolute Gasteiger partial charge is 0.379 e. The smallest absolute Gasteiger partial charge is 0.242 e. The maximum absolute atomic E-state index is 13.9. The predicted octanol–water partition coefficient (Wildman–Crippen LogP) is 0.956. The lowest BCUT2D eigenvalue weighted by Crippen LogP contribution is -2.53. The van der Waals surface area contributed by atoms with Gasteiger partial charge in [-0.25, -0.2) is 4.39 Å². The topological polar surface area (TPSA) is 79.0 Å². The van der Waals surface area contributed by atoms with Crippen molar-refractivity contribution in [2.45, 2.75) is 19.9 Å². The molecule has 3 aliphatic heterocycles. The van der Waals surface area contributed by atoms with Crippen molar-refractivity contribution in [3.05, 3.63) is 35.6 Å². The fourth-order valence-corrected chi connectivity index (χ4v) is 4.80. The maximum Gasteiger partial charge on any atom is 0.242 e. The first-order valence-electron chi connectivity index (χ1n) is 9.95. The van der Waals surface area contributed by atoms with Crippen molar-refractivity contribution in [3.8, 4) is 0 Å². The second kappa shape index (κ2) is 7.40. The molecule has 8 heteroatoms. The number of hydrogen-bond acceptors (Lipinski definition) is 4. The molecule has 3 aliphatic rings. The zero-order valence-electron chi connectivity index (χ0n) is 16.7. The Morgan fingerprint density at radius 2 is 2.00 bits per heavy atom. The van der Waals surface area contributed by atoms with Gasteiger partial charge in [0.2, 0.25) is 17.7 Å². The number of likely N-dealkylation sites (tertiary alicyclic amines) is 2. The molecule has 0 radical (unpaired) electrons. The van der Waals surface area contributed by atoms with Crippen LogP contribution in [-0.2, 0) is 19.1 Å². The minimum atomic E-state index is -0.464. The van der Waals surface area contributed by atoms with Crippen LogP contribution in [0.25, 0.3) is 0 Å². The number of ether oxygens (including phenoxy) is 1. The molecule has 3 saturated heterocycles. The van der Waals surface area contributed by atoms with Gasteiger partial charge in [-0.3, -0.25) is 14.4 Å². The average molecular weight is 403 g/mol. The zero-order valence-corrected chi connectivity index (χ0v) is 16.7. The summed E-state index contributed by atoms with van der Waals surface area (Å²) in [6.07, 6.45) is 0. The Balaban J connectivity index is 1.56. The van der Waals surface area contributed by atoms with Crippen molar-refractivity contribution in [1.29, 1.82) is 0 Å². The van der Waals surface area contributed by atoms with E-state index in [1.165, 1.54) is 19.1 Å². The first kappa shape index (κ1) is 19.8. The number of fused-ring (bicyclic) bond motifs is 1. The molecule has 3 atom stereocenters. The highest BCUT2D eigenvalue weighted by Gasteiger charge is 2.53. The second-order valence-electron chi connectivity index (χ2n) is 8.64. The number of rotatable bonds is 4. The number of hydrogen-bond donors (Lipinski definition) is 1. The normalized spacial score (nSPS) is 27.3. The van der Waals surface area contributed by atoms with Crippen molar-refractivity contribution < 1.29 is 23.5 Å². The molecule has 7 nitrogen and oxygen atoms in total. The number of benzene rings is 1. The Morgan fingerprint density at radius 3 is 2.62 bits per heavy atom. The molecule has 3 fully saturated rings. The van der Waals surface area contributed by atoms with Crippen LogP contribution < -0.4 is 5.32 Å². The number of nitrogens with zero attached hydrogens (tertiary/aromatic N) is 2. The number of amides is 3. The fourth-order valence-electron chi connectivity index (χ4n) is 4.80. The summed E-state index contributed by atoms with van der Waals surface area (Å²) in [5.41, 5.74) is 0.259. The third-order valence-corrected chi connectivity index (χ3v) is 6.31. The minimum Gasteiger partial charge on any atom is -0.379 e. The molecule has 3 amide bonds. The van der Waals surface area contributed by atoms with Gasteiger partial charge >= 0.3 is 0 Å². The zero-order chi connectivity index (χ0) is 20.8. The lowest BCUT2D eigenvalue weighted by molar-refractivity contribution is -0.168. The van der Waals surface area contributed by atoms with Crippen LogP contribution in [0.15, 0.2) is 24.3 Å². The van der Waals surface area contributed by atoms with E-state index in [-0.39, 0.29) is 48.0 Å². The molecule has 3 heterocycles. The monoisotopic (exact) mass is 403 g/mol. The molecular weight excluding hydrogens is 377 g/mol. The highest BCUT2D eigenvalue weighted by Crippen LogP contribution is 2.46. The standard InChI is InChI=1S/C21H26FN3O4/c1-13(26)23-7-18(27)25-9-15-8-24(20(28)21(2)11-29-12-21)10-17(15)19(25)14-4-3-5-16(22)6-14/h3-6,15,17,19H,7-12H2,1-2H3,(H,23,26)/t15-,17-,19+/m0/s1. The van der Waals surface area contributed by atoms with Crippen LogP contribution in [0.5, 0.6) is 0 Å². The number of carbonyl (C=O) groups is 3. The number of halogens is 1. The molecule has 29 heavy (non-hydrogen) atoms. The van der Waals surface area contributed by atoms with Crippen LogP contribution in [0.2, 0.25) is 0 Å². The number of carbonyl (C=O) groups excluding carboxylic acids is 3. The SMILES string of the molecule is CC(=O)NCC(=O)N1C[C@@H]2CN(C(=O)C3(C)COC3)C[C@@H]2[C@H]1c1cccc(F)c1. The van der Waals surface area contributed by atoms with Gasteiger partial charge in [-0.1, -0.05) is 12.1 Å². The summed E-state index contributed by atoms with van der Waals surface area (Å²) in [7, 11) is 0. The van der Waals surface area contributed by atoms with Gasteiger partial charge in [0.05, 0.1) is 31.2 Å². The van der Waals surface area contributed by atoms with E-state index in [2.05, 4.69) is 5.32 Å². The maximum atomic E-state index is 13.9. The lowest BCUT2D eigenvalue weighted by Gasteiger charge is -2.40. The number of nitrogens with one attached hydrogen (secondary N) is 1. The summed E-state index contributed by atoms with van der Waals surface area (Å²) < 4.78 is 19.2. The van der Waals surface area contributed by atoms with Gasteiger partial charge < -0.3 is 19.9 Å². The van der Waals surface area contributed by atoms with E-state index in [1.807, 2.05) is 17.9 Å². The molecule has 4 rings (SSSR count). The van der Waals surface area contributed by atoms with Gasteiger partial charge in [-0.15, -0.1) is 0 Å². The van der Waals surface area contributed by atoms with Gasteiger partial charge in [-0.05, 0) is 24.6 Å². The van der Waals surface area contributed by atoms with Crippen LogP contribution in [0.4, 0.5) is 4.39 Å². The molecule has 0 bridgehead atoms. The summed E-state index contributed by atoms with van der Waals surface area (Å²) in [4.78, 5) is 40.6. The summed E-state index contributed by atoms with van der Waals surface area (Å²) in [6, 6.07) is 5.97. The first-order chi connectivity index (χ1) is 13.8. The Labute approximate surface area is 169 Å². The Bertz CT molecular complexity index is 841. The van der Waals surface area contributed by atoms with Crippen molar-refractivity contribution >= 4 is 17.7 Å². The van der Waals surface area contributed by atoms with Gasteiger partial charge in [0.15, 0.2) is 0 Å². The molecule has 0 spiro atoms. The van der Waals surface area contributed by atoms with Crippen LogP contribution >= 0.6 is 0 Å². The van der Waals surface area contributed by atoms with Gasteiger partial charge in [-0.2, -0.15) is 0 Å². The molecule has 0 unspecified atom stereocenters. The quantitative estimate of drug-likeness (QED) is 0.812. The molecule has 0 aliphatic carbocycles. The van der Waals surface area contributed by atoms with E-state index in [0.717, 1.165) is 5.56 Å². The molecule has 0 aromatic heterocycles. The Morgan fingerprint density at radius 1 is 1.24 bits per heavy atom. The first-order valence-corrected chi connectivity index (χ1v) is 9.95. The summed E-state index contributed by atoms with van der Waals surface area (Å²) in [5, 5.41) is 2.55. The van der Waals surface area contributed by atoms with E-state index in [9.17, 15) is 18.8 Å². The average Bonchev–Trinajstić information content (AvgIpc) is 3.21. The molecule has 0 saturated carbocycles. The van der Waals surface area contributed by atoms with E-state index in [0.29, 0.717) is 32.8 Å². The van der Waals surface area contributed by atoms with Crippen LogP contribution in [-0.4, -0.2) is 66.9 Å². The lowest BCUT2D eigenvalue weighted by atomic mass is 9.87. The van der Waals surface area contributed by atoms with Crippen molar-refractivity contribution in [2.75, 3.05) is 39.4 Å². The molecule has 1 aromatic rings. The highest BCUT2D eigenvalue weighted by molar-refractivity contribution is 5.85. The summed E-state index contributed by atoms with van der Waals surface area (Å²) in [6.45, 7) is 5.67. The highest BCUT2D eigenvalue weighted by atomic mass is 19.1. The summed E-state index contributed by atoms with van der Waals surface area (Å²) >= 11 is 0. The third kappa shape index (κ3) is 3.61. The molecular formula is C21H26FN3O4. The molecule has 1 aromatic carbocycles.